The molecule has 0 bridgehead atoms. The third-order valence-corrected chi connectivity index (χ3v) is 2.53. The fourth-order valence-corrected chi connectivity index (χ4v) is 1.61. The molecule has 0 heterocycles. The van der Waals surface area contributed by atoms with Gasteiger partial charge in [0.25, 0.3) is 0 Å². The Bertz CT molecular complexity index is 118. The Kier molecular flexibility index (Phi) is 12.2. The molecule has 0 aliphatic heterocycles. The number of rotatable bonds is 5. The molecule has 1 nitrogen and oxygen atoms in total. The summed E-state index contributed by atoms with van der Waals surface area (Å²) in [4.78, 5) is 11.2. The fraction of sp³-hybridized carbons (Fsp3) is 0.778. The maximum absolute atomic E-state index is 11.2. The van der Waals surface area contributed by atoms with E-state index in [1.54, 1.807) is 0 Å². The van der Waals surface area contributed by atoms with Gasteiger partial charge in [-0.2, -0.15) is 0 Å². The van der Waals surface area contributed by atoms with E-state index < -0.39 is 8.32 Å². The maximum Gasteiger partial charge on any atom is 1.00 e. The van der Waals surface area contributed by atoms with Crippen molar-refractivity contribution in [3.8, 4) is 0 Å². The molecule has 3 heteroatoms. The standard InChI is InChI=1S/C9H19OSi.K/c1-4-5-6-7-8-9-11(2,3)10;/h8-9H,4-7H2,1-3H3;/q-1;+1/b9-8+;. The van der Waals surface area contributed by atoms with Crippen LogP contribution < -0.4 is 56.2 Å². The van der Waals surface area contributed by atoms with Crippen LogP contribution in [0.5, 0.6) is 0 Å². The zero-order valence-corrected chi connectivity index (χ0v) is 13.0. The predicted octanol–water partition coefficient (Wildman–Crippen LogP) is -0.768. The quantitative estimate of drug-likeness (QED) is 0.432. The summed E-state index contributed by atoms with van der Waals surface area (Å²) in [5.41, 5.74) is 1.89. The van der Waals surface area contributed by atoms with Crippen LogP contribution in [-0.4, -0.2) is 8.32 Å². The SMILES string of the molecule is CCCCC/C=C/[Si](C)(C)[O-].[K+]. The van der Waals surface area contributed by atoms with Crippen molar-refractivity contribution in [2.45, 2.75) is 45.7 Å². The van der Waals surface area contributed by atoms with Crippen molar-refractivity contribution in [1.29, 1.82) is 0 Å². The second kappa shape index (κ2) is 9.12. The largest absolute Gasteiger partial charge is 1.00 e. The van der Waals surface area contributed by atoms with E-state index in [-0.39, 0.29) is 51.4 Å². The molecule has 0 aliphatic carbocycles. The molecule has 0 aliphatic rings. The average Bonchev–Trinajstić information content (AvgIpc) is 1.85. The van der Waals surface area contributed by atoms with E-state index in [2.05, 4.69) is 13.0 Å². The summed E-state index contributed by atoms with van der Waals surface area (Å²) in [5.74, 6) is 0. The smallest absolute Gasteiger partial charge is 0.856 e. The van der Waals surface area contributed by atoms with E-state index in [1.807, 2.05) is 18.8 Å². The topological polar surface area (TPSA) is 23.1 Å². The number of unbranched alkanes of at least 4 members (excludes halogenated alkanes) is 3. The van der Waals surface area contributed by atoms with Gasteiger partial charge < -0.3 is 4.80 Å². The van der Waals surface area contributed by atoms with Crippen molar-refractivity contribution in [3.63, 3.8) is 0 Å². The second-order valence-corrected chi connectivity index (χ2v) is 7.04. The Hall–Kier alpha value is 1.55. The van der Waals surface area contributed by atoms with Crippen LogP contribution in [0.15, 0.2) is 11.8 Å². The molecule has 0 aromatic heterocycles. The molecule has 0 radical (unpaired) electrons. The molecule has 12 heavy (non-hydrogen) atoms. The fourth-order valence-electron chi connectivity index (χ4n) is 0.879. The molecule has 0 amide bonds. The normalized spacial score (nSPS) is 11.7. The van der Waals surface area contributed by atoms with Gasteiger partial charge in [-0.1, -0.05) is 38.9 Å². The van der Waals surface area contributed by atoms with Gasteiger partial charge >= 0.3 is 51.4 Å². The van der Waals surface area contributed by atoms with E-state index >= 15 is 0 Å². The third-order valence-electron chi connectivity index (χ3n) is 1.49. The molecule has 0 spiro atoms. The minimum absolute atomic E-state index is 0. The van der Waals surface area contributed by atoms with Crippen LogP contribution >= 0.6 is 0 Å². The summed E-state index contributed by atoms with van der Waals surface area (Å²) < 4.78 is 0. The van der Waals surface area contributed by atoms with Gasteiger partial charge in [-0.25, -0.2) is 0 Å². The van der Waals surface area contributed by atoms with E-state index in [0.717, 1.165) is 6.42 Å². The molecular weight excluding hydrogens is 191 g/mol. The molecule has 0 aromatic rings. The summed E-state index contributed by atoms with van der Waals surface area (Å²) >= 11 is 0. The van der Waals surface area contributed by atoms with Crippen molar-refractivity contribution >= 4 is 8.32 Å². The van der Waals surface area contributed by atoms with Gasteiger partial charge in [0.2, 0.25) is 0 Å². The molecule has 66 valence electrons. The van der Waals surface area contributed by atoms with Crippen molar-refractivity contribution in [2.75, 3.05) is 0 Å². The van der Waals surface area contributed by atoms with Crippen LogP contribution in [0, 0.1) is 0 Å². The predicted molar refractivity (Wildman–Crippen MR) is 50.8 cm³/mol. The first-order valence-electron chi connectivity index (χ1n) is 4.44. The van der Waals surface area contributed by atoms with Gasteiger partial charge in [-0.3, -0.25) is 0 Å². The summed E-state index contributed by atoms with van der Waals surface area (Å²) in [6, 6.07) is 0. The molecule has 0 N–H and O–H groups in total. The van der Waals surface area contributed by atoms with Gasteiger partial charge in [0.05, 0.1) is 0 Å². The van der Waals surface area contributed by atoms with Gasteiger partial charge in [0.1, 0.15) is 0 Å². The average molecular weight is 210 g/mol. The van der Waals surface area contributed by atoms with Gasteiger partial charge in [0.15, 0.2) is 0 Å². The Morgan fingerprint density at radius 1 is 1.25 bits per heavy atom. The molecule has 0 fully saturated rings. The monoisotopic (exact) mass is 210 g/mol. The number of allylic oxidation sites excluding steroid dienone is 1. The van der Waals surface area contributed by atoms with Crippen molar-refractivity contribution < 1.29 is 56.2 Å². The molecule has 0 unspecified atom stereocenters. The zero-order valence-electron chi connectivity index (χ0n) is 8.89. The van der Waals surface area contributed by atoms with Crippen molar-refractivity contribution in [2.24, 2.45) is 0 Å². The van der Waals surface area contributed by atoms with Crippen LogP contribution in [0.3, 0.4) is 0 Å². The van der Waals surface area contributed by atoms with Gasteiger partial charge in [0, 0.05) is 0 Å². The summed E-state index contributed by atoms with van der Waals surface area (Å²) in [6.45, 7) is 5.84. The van der Waals surface area contributed by atoms with E-state index in [1.165, 1.54) is 19.3 Å². The summed E-state index contributed by atoms with van der Waals surface area (Å²) in [5, 5.41) is 0. The van der Waals surface area contributed by atoms with Gasteiger partial charge in [-0.05, 0) is 21.2 Å². The Morgan fingerprint density at radius 2 is 1.83 bits per heavy atom. The third kappa shape index (κ3) is 14.1. The van der Waals surface area contributed by atoms with Crippen LogP contribution in [0.1, 0.15) is 32.6 Å². The van der Waals surface area contributed by atoms with Crippen LogP contribution in [-0.2, 0) is 0 Å². The van der Waals surface area contributed by atoms with Crippen molar-refractivity contribution in [1.82, 2.24) is 0 Å². The maximum atomic E-state index is 11.2. The zero-order chi connectivity index (χ0) is 8.74. The molecule has 0 aromatic carbocycles. The molecule has 0 saturated heterocycles. The number of hydrogen-bond acceptors (Lipinski definition) is 1. The molecular formula is C9H19KOSi. The van der Waals surface area contributed by atoms with Crippen molar-refractivity contribution in [3.05, 3.63) is 11.8 Å². The summed E-state index contributed by atoms with van der Waals surface area (Å²) in [6.07, 6.45) is 6.93. The Balaban J connectivity index is 0. The first-order chi connectivity index (χ1) is 5.06. The minimum atomic E-state index is -2.15. The first kappa shape index (κ1) is 16.0. The second-order valence-electron chi connectivity index (χ2n) is 3.50. The van der Waals surface area contributed by atoms with Gasteiger partial charge in [-0.15, -0.1) is 5.70 Å². The number of hydrogen-bond donors (Lipinski definition) is 0. The molecule has 0 atom stereocenters. The van der Waals surface area contributed by atoms with E-state index in [0.29, 0.717) is 0 Å². The Labute approximate surface area is 120 Å². The Morgan fingerprint density at radius 3 is 2.25 bits per heavy atom. The van der Waals surface area contributed by atoms with Crippen LogP contribution in [0.25, 0.3) is 0 Å². The van der Waals surface area contributed by atoms with Crippen LogP contribution in [0.2, 0.25) is 13.1 Å². The van der Waals surface area contributed by atoms with Crippen LogP contribution in [0.4, 0.5) is 0 Å². The summed E-state index contributed by atoms with van der Waals surface area (Å²) in [7, 11) is -2.15. The minimum Gasteiger partial charge on any atom is -0.856 e. The van der Waals surface area contributed by atoms with E-state index in [9.17, 15) is 4.80 Å². The molecule has 0 rings (SSSR count). The molecule has 0 saturated carbocycles. The first-order valence-corrected chi connectivity index (χ1v) is 7.43. The van der Waals surface area contributed by atoms with E-state index in [4.69, 9.17) is 0 Å².